The summed E-state index contributed by atoms with van der Waals surface area (Å²) in [5.74, 6) is 0.110. The molecule has 1 saturated heterocycles. The molecule has 168 valence electrons. The number of benzene rings is 2. The first-order chi connectivity index (χ1) is 15.3. The lowest BCUT2D eigenvalue weighted by molar-refractivity contribution is -0.122. The number of likely N-dealkylation sites (N-methyl/N-ethyl adjacent to an activating group) is 1. The van der Waals surface area contributed by atoms with E-state index in [1.54, 1.807) is 23.1 Å². The number of hydrogen-bond donors (Lipinski definition) is 1. The first-order valence-electron chi connectivity index (χ1n) is 10.4. The van der Waals surface area contributed by atoms with Crippen LogP contribution in [0.15, 0.2) is 52.4 Å². The van der Waals surface area contributed by atoms with Crippen molar-refractivity contribution in [1.29, 1.82) is 0 Å². The van der Waals surface area contributed by atoms with Crippen molar-refractivity contribution in [3.05, 3.63) is 58.5 Å². The van der Waals surface area contributed by atoms with Crippen molar-refractivity contribution in [2.75, 3.05) is 13.2 Å². The van der Waals surface area contributed by atoms with Gasteiger partial charge in [-0.3, -0.25) is 9.69 Å². The fraction of sp³-hybridized carbons (Fsp3) is 0.292. The molecular weight excluding hydrogens is 428 g/mol. The number of carboxylic acid groups (broad SMARTS) is 1. The van der Waals surface area contributed by atoms with E-state index in [4.69, 9.17) is 9.47 Å². The largest absolute Gasteiger partial charge is 0.490 e. The minimum Gasteiger partial charge on any atom is -0.490 e. The Hall–Kier alpha value is -3.26. The number of ether oxygens (including phenoxy) is 2. The van der Waals surface area contributed by atoms with Crippen LogP contribution in [-0.2, 0) is 4.79 Å². The van der Waals surface area contributed by atoms with Gasteiger partial charge in [0, 0.05) is 6.54 Å². The van der Waals surface area contributed by atoms with Crippen molar-refractivity contribution in [2.45, 2.75) is 33.8 Å². The summed E-state index contributed by atoms with van der Waals surface area (Å²) < 4.78 is 11.5. The molecule has 1 aliphatic rings. The summed E-state index contributed by atoms with van der Waals surface area (Å²) in [7, 11) is 0. The van der Waals surface area contributed by atoms with Gasteiger partial charge in [-0.1, -0.05) is 12.1 Å². The highest BCUT2D eigenvalue weighted by molar-refractivity contribution is 8.18. The molecule has 0 bridgehead atoms. The van der Waals surface area contributed by atoms with Crippen LogP contribution in [0.1, 0.15) is 43.6 Å². The number of aliphatic imine (C=N–C) groups is 1. The van der Waals surface area contributed by atoms with Crippen LogP contribution in [0.2, 0.25) is 0 Å². The lowest BCUT2D eigenvalue weighted by Gasteiger charge is -2.15. The Bertz CT molecular complexity index is 1080. The van der Waals surface area contributed by atoms with Gasteiger partial charge in [0.25, 0.3) is 5.91 Å². The quantitative estimate of drug-likeness (QED) is 0.552. The number of carbonyl (C=O) groups is 2. The van der Waals surface area contributed by atoms with Gasteiger partial charge in [0.2, 0.25) is 0 Å². The fourth-order valence-corrected chi connectivity index (χ4v) is 4.14. The lowest BCUT2D eigenvalue weighted by Crippen LogP contribution is -2.28. The average Bonchev–Trinajstić information content (AvgIpc) is 3.03. The van der Waals surface area contributed by atoms with Gasteiger partial charge < -0.3 is 14.6 Å². The average molecular weight is 455 g/mol. The van der Waals surface area contributed by atoms with Gasteiger partial charge in [-0.05, 0) is 81.4 Å². The lowest BCUT2D eigenvalue weighted by atomic mass is 10.2. The molecule has 0 unspecified atom stereocenters. The maximum absolute atomic E-state index is 12.9. The second-order valence-electron chi connectivity index (χ2n) is 7.22. The van der Waals surface area contributed by atoms with Crippen molar-refractivity contribution >= 4 is 40.6 Å². The van der Waals surface area contributed by atoms with Crippen LogP contribution < -0.4 is 9.47 Å². The van der Waals surface area contributed by atoms with Crippen LogP contribution in [0.4, 0.5) is 5.69 Å². The van der Waals surface area contributed by atoms with E-state index >= 15 is 0 Å². The SMILES string of the molecule is CCOc1cc(/C=C2/SC(=Nc3cccc(C(=O)O)c3)N(CC)C2=O)ccc1OC(C)C. The molecule has 0 radical (unpaired) electrons. The van der Waals surface area contributed by atoms with E-state index in [0.29, 0.717) is 40.4 Å². The molecule has 1 heterocycles. The third kappa shape index (κ3) is 5.50. The van der Waals surface area contributed by atoms with Crippen LogP contribution in [-0.4, -0.2) is 46.3 Å². The number of amidine groups is 1. The number of carboxylic acids is 1. The van der Waals surface area contributed by atoms with Crippen molar-refractivity contribution in [3.8, 4) is 11.5 Å². The van der Waals surface area contributed by atoms with Crippen molar-refractivity contribution in [3.63, 3.8) is 0 Å². The Kier molecular flexibility index (Phi) is 7.58. The van der Waals surface area contributed by atoms with Gasteiger partial charge in [-0.25, -0.2) is 9.79 Å². The molecule has 1 N–H and O–H groups in total. The molecule has 3 rings (SSSR count). The summed E-state index contributed by atoms with van der Waals surface area (Å²) in [6.07, 6.45) is 1.81. The molecule has 0 saturated carbocycles. The molecule has 2 aromatic rings. The zero-order valence-electron chi connectivity index (χ0n) is 18.5. The summed E-state index contributed by atoms with van der Waals surface area (Å²) >= 11 is 1.26. The number of thioether (sulfide) groups is 1. The number of aromatic carboxylic acids is 1. The second-order valence-corrected chi connectivity index (χ2v) is 8.22. The first kappa shape index (κ1) is 23.4. The minimum absolute atomic E-state index is 0.0156. The van der Waals surface area contributed by atoms with E-state index in [1.165, 1.54) is 23.9 Å². The van der Waals surface area contributed by atoms with Crippen LogP contribution in [0.5, 0.6) is 11.5 Å². The number of hydrogen-bond acceptors (Lipinski definition) is 6. The van der Waals surface area contributed by atoms with E-state index in [0.717, 1.165) is 5.56 Å². The molecule has 1 aliphatic heterocycles. The van der Waals surface area contributed by atoms with Crippen molar-refractivity contribution in [1.82, 2.24) is 4.90 Å². The number of carbonyl (C=O) groups excluding carboxylic acids is 1. The summed E-state index contributed by atoms with van der Waals surface area (Å²) in [6, 6.07) is 11.9. The molecule has 0 atom stereocenters. The maximum atomic E-state index is 12.9. The third-order valence-electron chi connectivity index (χ3n) is 4.45. The summed E-state index contributed by atoms with van der Waals surface area (Å²) in [4.78, 5) is 30.8. The van der Waals surface area contributed by atoms with Gasteiger partial charge in [-0.15, -0.1) is 0 Å². The molecule has 0 aliphatic carbocycles. The number of nitrogens with zero attached hydrogens (tertiary/aromatic N) is 2. The van der Waals surface area contributed by atoms with E-state index in [-0.39, 0.29) is 17.6 Å². The van der Waals surface area contributed by atoms with Gasteiger partial charge in [0.15, 0.2) is 16.7 Å². The topological polar surface area (TPSA) is 88.4 Å². The smallest absolute Gasteiger partial charge is 0.335 e. The monoisotopic (exact) mass is 454 g/mol. The molecular formula is C24H26N2O5S. The zero-order chi connectivity index (χ0) is 23.3. The van der Waals surface area contributed by atoms with Crippen LogP contribution in [0.25, 0.3) is 6.08 Å². The number of amides is 1. The standard InChI is InChI=1S/C24H26N2O5S/c1-5-26-22(27)21(32-24(26)25-18-9-7-8-17(14-18)23(28)29)13-16-10-11-19(31-15(3)4)20(12-16)30-6-2/h7-15H,5-6H2,1-4H3,(H,28,29)/b21-13+,25-24?. The normalized spacial score (nSPS) is 16.3. The zero-order valence-corrected chi connectivity index (χ0v) is 19.3. The van der Waals surface area contributed by atoms with Crippen molar-refractivity contribution < 1.29 is 24.2 Å². The van der Waals surface area contributed by atoms with Crippen molar-refractivity contribution in [2.24, 2.45) is 4.99 Å². The second kappa shape index (κ2) is 10.4. The van der Waals surface area contributed by atoms with Gasteiger partial charge in [0.05, 0.1) is 28.9 Å². The molecule has 1 fully saturated rings. The minimum atomic E-state index is -1.02. The Balaban J connectivity index is 1.92. The molecule has 0 aromatic heterocycles. The fourth-order valence-electron chi connectivity index (χ4n) is 3.07. The van der Waals surface area contributed by atoms with Crippen LogP contribution >= 0.6 is 11.8 Å². The van der Waals surface area contributed by atoms with E-state index < -0.39 is 5.97 Å². The predicted octanol–water partition coefficient (Wildman–Crippen LogP) is 5.19. The Labute approximate surface area is 191 Å². The van der Waals surface area contributed by atoms with Crippen LogP contribution in [0.3, 0.4) is 0 Å². The maximum Gasteiger partial charge on any atom is 0.335 e. The summed E-state index contributed by atoms with van der Waals surface area (Å²) in [5, 5.41) is 9.71. The van der Waals surface area contributed by atoms with E-state index in [2.05, 4.69) is 4.99 Å². The van der Waals surface area contributed by atoms with Gasteiger partial charge in [-0.2, -0.15) is 0 Å². The first-order valence-corrected chi connectivity index (χ1v) is 11.2. The highest BCUT2D eigenvalue weighted by Crippen LogP contribution is 2.36. The summed E-state index contributed by atoms with van der Waals surface area (Å²) in [6.45, 7) is 8.62. The summed E-state index contributed by atoms with van der Waals surface area (Å²) in [5.41, 5.74) is 1.44. The van der Waals surface area contributed by atoms with E-state index in [1.807, 2.05) is 45.9 Å². The predicted molar refractivity (Wildman–Crippen MR) is 127 cm³/mol. The third-order valence-corrected chi connectivity index (χ3v) is 5.46. The highest BCUT2D eigenvalue weighted by atomic mass is 32.2. The Morgan fingerprint density at radius 1 is 1.19 bits per heavy atom. The molecule has 32 heavy (non-hydrogen) atoms. The van der Waals surface area contributed by atoms with Gasteiger partial charge in [0.1, 0.15) is 0 Å². The highest BCUT2D eigenvalue weighted by Gasteiger charge is 2.32. The van der Waals surface area contributed by atoms with E-state index in [9.17, 15) is 14.7 Å². The molecule has 0 spiro atoms. The molecule has 2 aromatic carbocycles. The van der Waals surface area contributed by atoms with Gasteiger partial charge >= 0.3 is 5.97 Å². The molecule has 7 nitrogen and oxygen atoms in total. The molecule has 1 amide bonds. The number of rotatable bonds is 8. The Morgan fingerprint density at radius 3 is 2.62 bits per heavy atom. The molecule has 8 heteroatoms. The van der Waals surface area contributed by atoms with Crippen LogP contribution in [0, 0.1) is 0 Å². The Morgan fingerprint density at radius 2 is 1.97 bits per heavy atom.